The molecule has 1 aromatic carbocycles. The highest BCUT2D eigenvalue weighted by Crippen LogP contribution is 2.33. The summed E-state index contributed by atoms with van der Waals surface area (Å²) in [5.74, 6) is 2.97. The van der Waals surface area contributed by atoms with Crippen LogP contribution in [0.5, 0.6) is 11.6 Å². The maximum absolute atomic E-state index is 6.29. The molecule has 3 fully saturated rings. The van der Waals surface area contributed by atoms with Crippen molar-refractivity contribution in [3.05, 3.63) is 30.5 Å². The molecule has 5 rings (SSSR count). The second kappa shape index (κ2) is 10.0. The standard InChI is InChI=1S/C25H34N4O3/c1-17-2-6-19(7-3-17)28-25-27-15-23(24(29-25)32-22-11-13-30-16-22)18-4-8-20(9-5-18)31-21-10-12-26-14-21/h4-5,8-9,15,17,19,21-22,26H,2-3,6-7,10-14,16H2,1H3,(H,27,28,29)/t17-,19-,21?,22-/m1/s1. The van der Waals surface area contributed by atoms with Gasteiger partial charge in [-0.15, -0.1) is 0 Å². The number of anilines is 1. The van der Waals surface area contributed by atoms with Crippen LogP contribution in [0.25, 0.3) is 11.1 Å². The van der Waals surface area contributed by atoms with Gasteiger partial charge in [-0.2, -0.15) is 4.98 Å². The van der Waals surface area contributed by atoms with Gasteiger partial charge in [0, 0.05) is 25.2 Å². The first-order valence-corrected chi connectivity index (χ1v) is 12.1. The van der Waals surface area contributed by atoms with Gasteiger partial charge >= 0.3 is 0 Å². The van der Waals surface area contributed by atoms with E-state index < -0.39 is 0 Å². The van der Waals surface area contributed by atoms with E-state index in [0.717, 1.165) is 68.2 Å². The van der Waals surface area contributed by atoms with E-state index in [0.29, 0.717) is 24.5 Å². The second-order valence-corrected chi connectivity index (χ2v) is 9.37. The van der Waals surface area contributed by atoms with Gasteiger partial charge in [-0.3, -0.25) is 0 Å². The fraction of sp³-hybridized carbons (Fsp3) is 0.600. The van der Waals surface area contributed by atoms with Gasteiger partial charge in [0.15, 0.2) is 0 Å². The molecule has 172 valence electrons. The molecule has 3 aliphatic rings. The van der Waals surface area contributed by atoms with Gasteiger partial charge in [-0.05, 0) is 62.3 Å². The Morgan fingerprint density at radius 1 is 1.00 bits per heavy atom. The van der Waals surface area contributed by atoms with Crippen molar-refractivity contribution in [2.75, 3.05) is 31.6 Å². The van der Waals surface area contributed by atoms with Crippen LogP contribution in [-0.4, -0.2) is 54.5 Å². The lowest BCUT2D eigenvalue weighted by Crippen LogP contribution is -2.26. The molecule has 0 spiro atoms. The zero-order valence-corrected chi connectivity index (χ0v) is 18.9. The van der Waals surface area contributed by atoms with Crippen LogP contribution in [0.3, 0.4) is 0 Å². The Hall–Kier alpha value is -2.38. The highest BCUT2D eigenvalue weighted by Gasteiger charge is 2.23. The van der Waals surface area contributed by atoms with Crippen LogP contribution in [0.4, 0.5) is 5.95 Å². The van der Waals surface area contributed by atoms with Crippen molar-refractivity contribution in [2.24, 2.45) is 5.92 Å². The van der Waals surface area contributed by atoms with Crippen LogP contribution in [0, 0.1) is 5.92 Å². The lowest BCUT2D eigenvalue weighted by Gasteiger charge is -2.27. The molecule has 32 heavy (non-hydrogen) atoms. The summed E-state index contributed by atoms with van der Waals surface area (Å²) in [5.41, 5.74) is 1.92. The molecule has 3 heterocycles. The summed E-state index contributed by atoms with van der Waals surface area (Å²) in [5, 5.41) is 6.87. The highest BCUT2D eigenvalue weighted by molar-refractivity contribution is 5.69. The molecule has 1 aliphatic carbocycles. The third-order valence-corrected chi connectivity index (χ3v) is 6.75. The van der Waals surface area contributed by atoms with Crippen molar-refractivity contribution in [1.82, 2.24) is 15.3 Å². The van der Waals surface area contributed by atoms with Crippen LogP contribution in [0.15, 0.2) is 30.5 Å². The third-order valence-electron chi connectivity index (χ3n) is 6.75. The molecule has 0 amide bonds. The van der Waals surface area contributed by atoms with E-state index in [1.807, 2.05) is 18.3 Å². The summed E-state index contributed by atoms with van der Waals surface area (Å²) < 4.78 is 17.9. The van der Waals surface area contributed by atoms with Crippen LogP contribution in [-0.2, 0) is 4.74 Å². The van der Waals surface area contributed by atoms with Gasteiger partial charge in [0.25, 0.3) is 0 Å². The number of nitrogens with zero attached hydrogens (tertiary/aromatic N) is 2. The highest BCUT2D eigenvalue weighted by atomic mass is 16.5. The average Bonchev–Trinajstić information content (AvgIpc) is 3.51. The molecule has 2 N–H and O–H groups in total. The molecule has 7 nitrogen and oxygen atoms in total. The topological polar surface area (TPSA) is 77.5 Å². The monoisotopic (exact) mass is 438 g/mol. The van der Waals surface area contributed by atoms with E-state index in [9.17, 15) is 0 Å². The quantitative estimate of drug-likeness (QED) is 0.675. The fourth-order valence-corrected chi connectivity index (χ4v) is 4.71. The van der Waals surface area contributed by atoms with Gasteiger partial charge in [0.1, 0.15) is 18.0 Å². The van der Waals surface area contributed by atoms with Crippen LogP contribution in [0.1, 0.15) is 45.4 Å². The minimum atomic E-state index is 0.0319. The summed E-state index contributed by atoms with van der Waals surface area (Å²) in [6.45, 7) is 5.60. The minimum absolute atomic E-state index is 0.0319. The molecule has 2 aromatic rings. The Morgan fingerprint density at radius 3 is 2.56 bits per heavy atom. The summed E-state index contributed by atoms with van der Waals surface area (Å²) in [4.78, 5) is 9.43. The Labute approximate surface area is 190 Å². The van der Waals surface area contributed by atoms with E-state index in [2.05, 4.69) is 34.7 Å². The number of ether oxygens (including phenoxy) is 3. The maximum Gasteiger partial charge on any atom is 0.226 e. The summed E-state index contributed by atoms with van der Waals surface area (Å²) >= 11 is 0. The maximum atomic E-state index is 6.29. The van der Waals surface area contributed by atoms with Crippen molar-refractivity contribution in [3.8, 4) is 22.8 Å². The summed E-state index contributed by atoms with van der Waals surface area (Å²) in [6.07, 6.45) is 8.92. The van der Waals surface area contributed by atoms with Crippen LogP contribution in [0.2, 0.25) is 0 Å². The zero-order valence-electron chi connectivity index (χ0n) is 18.9. The summed E-state index contributed by atoms with van der Waals surface area (Å²) in [7, 11) is 0. The number of hydrogen-bond donors (Lipinski definition) is 2. The molecule has 0 radical (unpaired) electrons. The number of rotatable bonds is 7. The van der Waals surface area contributed by atoms with Gasteiger partial charge in [-0.1, -0.05) is 19.1 Å². The van der Waals surface area contributed by atoms with Gasteiger partial charge < -0.3 is 24.8 Å². The van der Waals surface area contributed by atoms with Crippen molar-refractivity contribution < 1.29 is 14.2 Å². The van der Waals surface area contributed by atoms with Crippen molar-refractivity contribution in [2.45, 2.75) is 63.7 Å². The molecule has 2 saturated heterocycles. The molecular formula is C25H34N4O3. The van der Waals surface area contributed by atoms with E-state index in [1.165, 1.54) is 12.8 Å². The number of benzene rings is 1. The van der Waals surface area contributed by atoms with Crippen LogP contribution >= 0.6 is 0 Å². The van der Waals surface area contributed by atoms with Crippen molar-refractivity contribution in [1.29, 1.82) is 0 Å². The first-order chi connectivity index (χ1) is 15.7. The molecule has 1 aromatic heterocycles. The zero-order chi connectivity index (χ0) is 21.8. The summed E-state index contributed by atoms with van der Waals surface area (Å²) in [6, 6.07) is 8.59. The lowest BCUT2D eigenvalue weighted by molar-refractivity contribution is 0.138. The Bertz CT molecular complexity index is 871. The van der Waals surface area contributed by atoms with Gasteiger partial charge in [0.05, 0.1) is 18.8 Å². The number of aromatic nitrogens is 2. The molecule has 0 bridgehead atoms. The molecule has 2 aliphatic heterocycles. The first-order valence-electron chi connectivity index (χ1n) is 12.1. The normalized spacial score (nSPS) is 27.9. The predicted octanol–water partition coefficient (Wildman–Crippen LogP) is 4.04. The minimum Gasteiger partial charge on any atom is -0.489 e. The smallest absolute Gasteiger partial charge is 0.226 e. The second-order valence-electron chi connectivity index (χ2n) is 9.37. The van der Waals surface area contributed by atoms with Gasteiger partial charge in [-0.25, -0.2) is 4.98 Å². The van der Waals surface area contributed by atoms with Crippen LogP contribution < -0.4 is 20.1 Å². The fourth-order valence-electron chi connectivity index (χ4n) is 4.71. The first kappa shape index (κ1) is 21.5. The molecule has 2 atom stereocenters. The molecular weight excluding hydrogens is 404 g/mol. The van der Waals surface area contributed by atoms with E-state index in [-0.39, 0.29) is 12.2 Å². The average molecular weight is 439 g/mol. The Kier molecular flexibility index (Phi) is 6.74. The third kappa shape index (κ3) is 5.33. The van der Waals surface area contributed by atoms with Crippen molar-refractivity contribution >= 4 is 5.95 Å². The number of hydrogen-bond acceptors (Lipinski definition) is 7. The lowest BCUT2D eigenvalue weighted by atomic mass is 9.87. The SMILES string of the molecule is C[C@H]1CC[C@H](Nc2ncc(-c3ccc(OC4CCNC4)cc3)c(O[C@@H]3CCOC3)n2)CC1. The predicted molar refractivity (Wildman–Crippen MR) is 124 cm³/mol. The molecule has 1 saturated carbocycles. The van der Waals surface area contributed by atoms with E-state index in [1.54, 1.807) is 0 Å². The van der Waals surface area contributed by atoms with Crippen molar-refractivity contribution in [3.63, 3.8) is 0 Å². The molecule has 7 heteroatoms. The van der Waals surface area contributed by atoms with Gasteiger partial charge in [0.2, 0.25) is 11.8 Å². The largest absolute Gasteiger partial charge is 0.489 e. The van der Waals surface area contributed by atoms with E-state index in [4.69, 9.17) is 19.2 Å². The Morgan fingerprint density at radius 2 is 1.84 bits per heavy atom. The van der Waals surface area contributed by atoms with E-state index >= 15 is 0 Å². The molecule has 1 unspecified atom stereocenters. The Balaban J connectivity index is 1.33. The number of nitrogens with one attached hydrogen (secondary N) is 2.